The Bertz CT molecular complexity index is 3600. The quantitative estimate of drug-likeness (QED) is 0.176. The van der Waals surface area contributed by atoms with E-state index in [1.54, 1.807) is 0 Å². The van der Waals surface area contributed by atoms with Gasteiger partial charge in [-0.05, 0) is 95.1 Å². The first-order chi connectivity index (χ1) is 28.8. The monoisotopic (exact) mass is 739 g/mol. The molecule has 9 aromatic carbocycles. The van der Waals surface area contributed by atoms with Gasteiger partial charge < -0.3 is 18.4 Å². The van der Waals surface area contributed by atoms with Crippen molar-refractivity contribution in [2.75, 3.05) is 0 Å². The Morgan fingerprint density at radius 1 is 0.310 bits per heavy atom. The summed E-state index contributed by atoms with van der Waals surface area (Å²) in [7, 11) is 0. The van der Waals surface area contributed by atoms with E-state index in [0.717, 1.165) is 34.1 Å². The van der Waals surface area contributed by atoms with Gasteiger partial charge in [-0.2, -0.15) is 0 Å². The molecule has 3 aromatic heterocycles. The van der Waals surface area contributed by atoms with E-state index < -0.39 is 0 Å². The van der Waals surface area contributed by atoms with Gasteiger partial charge in [0.2, 0.25) is 0 Å². The van der Waals surface area contributed by atoms with Crippen LogP contribution in [-0.2, 0) is 0 Å². The second kappa shape index (κ2) is 11.8. The first-order valence-electron chi connectivity index (χ1n) is 19.8. The van der Waals surface area contributed by atoms with Crippen LogP contribution in [0.4, 0.5) is 0 Å². The van der Waals surface area contributed by atoms with E-state index in [2.05, 4.69) is 202 Å². The largest absolute Gasteiger partial charge is 0.453 e. The van der Waals surface area contributed by atoms with Crippen LogP contribution in [0.15, 0.2) is 200 Å². The van der Waals surface area contributed by atoms with Crippen molar-refractivity contribution < 1.29 is 4.74 Å². The molecule has 0 spiro atoms. The minimum absolute atomic E-state index is 0.877. The van der Waals surface area contributed by atoms with Gasteiger partial charge in [-0.1, -0.05) is 127 Å². The minimum Gasteiger partial charge on any atom is -0.453 e. The second-order valence-electron chi connectivity index (χ2n) is 15.3. The lowest BCUT2D eigenvalue weighted by molar-refractivity contribution is 0.476. The first-order valence-corrected chi connectivity index (χ1v) is 19.8. The third-order valence-electron chi connectivity index (χ3n) is 12.2. The molecule has 0 saturated carbocycles. The van der Waals surface area contributed by atoms with Crippen molar-refractivity contribution in [3.05, 3.63) is 200 Å². The van der Waals surface area contributed by atoms with Crippen molar-refractivity contribution in [1.29, 1.82) is 0 Å². The Labute approximate surface area is 333 Å². The molecule has 0 amide bonds. The fraction of sp³-hybridized carbons (Fsp3) is 0. The maximum absolute atomic E-state index is 6.40. The maximum Gasteiger partial charge on any atom is 0.152 e. The smallest absolute Gasteiger partial charge is 0.152 e. The summed E-state index contributed by atoms with van der Waals surface area (Å²) in [5.41, 5.74) is 15.2. The van der Waals surface area contributed by atoms with Gasteiger partial charge in [-0.3, -0.25) is 0 Å². The van der Waals surface area contributed by atoms with Gasteiger partial charge in [0.1, 0.15) is 0 Å². The van der Waals surface area contributed by atoms with Gasteiger partial charge in [-0.15, -0.1) is 0 Å². The first kappa shape index (κ1) is 31.4. The molecular formula is C54H33N3O. The number of rotatable bonds is 4. The summed E-state index contributed by atoms with van der Waals surface area (Å²) < 4.78 is 13.6. The molecule has 12 aromatic rings. The van der Waals surface area contributed by atoms with Crippen LogP contribution in [0.5, 0.6) is 11.5 Å². The van der Waals surface area contributed by atoms with Crippen LogP contribution in [0.25, 0.3) is 105 Å². The Balaban J connectivity index is 0.919. The van der Waals surface area contributed by atoms with Crippen LogP contribution < -0.4 is 4.74 Å². The Morgan fingerprint density at radius 3 is 1.62 bits per heavy atom. The molecule has 0 aliphatic carbocycles. The van der Waals surface area contributed by atoms with Crippen LogP contribution in [0.1, 0.15) is 0 Å². The molecule has 4 heteroatoms. The van der Waals surface area contributed by atoms with E-state index in [-0.39, 0.29) is 0 Å². The van der Waals surface area contributed by atoms with E-state index in [0.29, 0.717) is 0 Å². The summed E-state index contributed by atoms with van der Waals surface area (Å²) in [5, 5.41) is 7.45. The molecule has 13 rings (SSSR count). The number of ether oxygens (including phenoxy) is 1. The summed E-state index contributed by atoms with van der Waals surface area (Å²) >= 11 is 0. The highest BCUT2D eigenvalue weighted by Crippen LogP contribution is 2.47. The molecule has 4 nitrogen and oxygen atoms in total. The summed E-state index contributed by atoms with van der Waals surface area (Å²) in [4.78, 5) is 0. The molecule has 0 bridgehead atoms. The molecule has 0 saturated heterocycles. The lowest BCUT2D eigenvalue weighted by Gasteiger charge is -2.20. The lowest BCUT2D eigenvalue weighted by atomic mass is 9.96. The summed E-state index contributed by atoms with van der Waals surface area (Å²) in [6.07, 6.45) is 0. The number of benzene rings is 9. The van der Waals surface area contributed by atoms with Gasteiger partial charge in [0.15, 0.2) is 11.5 Å². The van der Waals surface area contributed by atoms with E-state index in [4.69, 9.17) is 4.74 Å². The highest BCUT2D eigenvalue weighted by molar-refractivity contribution is 6.18. The third kappa shape index (κ3) is 4.34. The molecule has 1 aliphatic heterocycles. The highest BCUT2D eigenvalue weighted by Gasteiger charge is 2.25. The zero-order valence-electron chi connectivity index (χ0n) is 31.3. The summed E-state index contributed by atoms with van der Waals surface area (Å²) in [5.74, 6) is 1.77. The summed E-state index contributed by atoms with van der Waals surface area (Å²) in [6, 6.07) is 72.5. The maximum atomic E-state index is 6.40. The molecular weight excluding hydrogens is 707 g/mol. The van der Waals surface area contributed by atoms with Crippen molar-refractivity contribution >= 4 is 65.4 Å². The van der Waals surface area contributed by atoms with Crippen molar-refractivity contribution in [3.8, 4) is 50.8 Å². The zero-order valence-corrected chi connectivity index (χ0v) is 31.3. The summed E-state index contributed by atoms with van der Waals surface area (Å²) in [6.45, 7) is 0. The van der Waals surface area contributed by atoms with Gasteiger partial charge in [0.05, 0.1) is 38.8 Å². The van der Waals surface area contributed by atoms with Gasteiger partial charge in [0.25, 0.3) is 0 Å². The van der Waals surface area contributed by atoms with Crippen LogP contribution in [0.2, 0.25) is 0 Å². The second-order valence-corrected chi connectivity index (χ2v) is 15.3. The van der Waals surface area contributed by atoms with E-state index in [1.165, 1.54) is 82.2 Å². The van der Waals surface area contributed by atoms with Gasteiger partial charge in [0, 0.05) is 43.7 Å². The number of fused-ring (bicyclic) bond motifs is 11. The molecule has 4 heterocycles. The van der Waals surface area contributed by atoms with Gasteiger partial charge in [-0.25, -0.2) is 0 Å². The normalized spacial score (nSPS) is 12.3. The van der Waals surface area contributed by atoms with Crippen LogP contribution in [-0.4, -0.2) is 13.7 Å². The molecule has 0 fully saturated rings. The predicted octanol–water partition coefficient (Wildman–Crippen LogP) is 14.4. The molecule has 0 atom stereocenters. The average Bonchev–Trinajstić information content (AvgIpc) is 3.93. The van der Waals surface area contributed by atoms with E-state index in [1.807, 2.05) is 12.1 Å². The Hall–Kier alpha value is -7.82. The van der Waals surface area contributed by atoms with Crippen LogP contribution >= 0.6 is 0 Å². The van der Waals surface area contributed by atoms with E-state index in [9.17, 15) is 0 Å². The number of hydrogen-bond acceptors (Lipinski definition) is 1. The molecule has 270 valence electrons. The van der Waals surface area contributed by atoms with Crippen LogP contribution in [0.3, 0.4) is 0 Å². The molecule has 0 unspecified atom stereocenters. The molecule has 0 radical (unpaired) electrons. The minimum atomic E-state index is 0.877. The number of hydrogen-bond donors (Lipinski definition) is 0. The molecule has 58 heavy (non-hydrogen) atoms. The molecule has 1 aliphatic rings. The number of para-hydroxylation sites is 6. The lowest BCUT2D eigenvalue weighted by Crippen LogP contribution is -2.03. The van der Waals surface area contributed by atoms with Crippen molar-refractivity contribution in [2.24, 2.45) is 0 Å². The highest BCUT2D eigenvalue weighted by atomic mass is 16.5. The molecule has 0 N–H and O–H groups in total. The van der Waals surface area contributed by atoms with Crippen molar-refractivity contribution in [1.82, 2.24) is 13.7 Å². The van der Waals surface area contributed by atoms with Crippen LogP contribution in [0, 0.1) is 0 Å². The van der Waals surface area contributed by atoms with Gasteiger partial charge >= 0.3 is 0 Å². The topological polar surface area (TPSA) is 24.0 Å². The number of nitrogens with zero attached hydrogens (tertiary/aromatic N) is 3. The van der Waals surface area contributed by atoms with Crippen molar-refractivity contribution in [3.63, 3.8) is 0 Å². The SMILES string of the molecule is c1cc(-c2ccc(-c3cccc4c3c3cccc5c3n4-c3ccccc3O5)cc2)cc(-n2c3ccccc3c3cc(-n4c5ccccc5c5ccccc54)ccc32)c1. The van der Waals surface area contributed by atoms with E-state index >= 15 is 0 Å². The Kier molecular flexibility index (Phi) is 6.41. The fourth-order valence-electron chi connectivity index (χ4n) is 9.75. The van der Waals surface area contributed by atoms with Crippen molar-refractivity contribution in [2.45, 2.75) is 0 Å². The Morgan fingerprint density at radius 2 is 0.862 bits per heavy atom. The number of aromatic nitrogens is 3. The zero-order chi connectivity index (χ0) is 37.9. The average molecular weight is 740 g/mol. The standard InChI is InChI=1S/C54H33N3O/c1-4-19-45-40(14-1)41-15-2-5-20-46(41)56(45)38-30-31-48-44(33-38)42-16-3-6-21-47(42)55(48)37-13-9-12-36(32-37)34-26-28-35(29-27-34)39-17-10-23-50-53(39)43-18-11-25-52-54(43)57(50)49-22-7-8-24-51(49)58-52/h1-33H. The predicted molar refractivity (Wildman–Crippen MR) is 240 cm³/mol. The fourth-order valence-corrected chi connectivity index (χ4v) is 9.75. The third-order valence-corrected chi connectivity index (χ3v) is 12.2.